The van der Waals surface area contributed by atoms with Crippen LogP contribution in [0.15, 0.2) is 30.3 Å². The maximum absolute atomic E-state index is 8.99. The van der Waals surface area contributed by atoms with Crippen molar-refractivity contribution in [1.29, 1.82) is 0 Å². The average molecular weight is 188 g/mol. The van der Waals surface area contributed by atoms with Crippen LogP contribution >= 0.6 is 7.94 Å². The summed E-state index contributed by atoms with van der Waals surface area (Å²) in [5.74, 6) is 0. The van der Waals surface area contributed by atoms with Crippen molar-refractivity contribution in [1.82, 2.24) is 0 Å². The molecule has 0 fully saturated rings. The fourth-order valence-electron chi connectivity index (χ4n) is 0.965. The predicted octanol–water partition coefficient (Wildman–Crippen LogP) is 1.22. The first-order valence-corrected chi connectivity index (χ1v) is 5.66. The van der Waals surface area contributed by atoms with Crippen molar-refractivity contribution < 1.29 is 14.7 Å². The first kappa shape index (κ1) is 9.62. The van der Waals surface area contributed by atoms with Crippen LogP contribution in [0.4, 0.5) is 0 Å². The molecule has 68 valence electrons. The van der Waals surface area contributed by atoms with Crippen molar-refractivity contribution in [3.63, 3.8) is 0 Å². The van der Waals surface area contributed by atoms with Crippen LogP contribution in [-0.2, 0) is 0 Å². The van der Waals surface area contributed by atoms with Gasteiger partial charge in [-0.05, 0) is 0 Å². The van der Waals surface area contributed by atoms with Crippen LogP contribution in [0.3, 0.4) is 0 Å². The second-order valence-electron chi connectivity index (χ2n) is 2.82. The van der Waals surface area contributed by atoms with E-state index in [4.69, 9.17) is 14.7 Å². The van der Waals surface area contributed by atoms with Gasteiger partial charge in [0.25, 0.3) is 0 Å². The molecule has 0 heterocycles. The summed E-state index contributed by atoms with van der Waals surface area (Å²) in [5, 5.41) is 0. The van der Waals surface area contributed by atoms with Gasteiger partial charge in [-0.2, -0.15) is 0 Å². The second-order valence-corrected chi connectivity index (χ2v) is 5.06. The van der Waals surface area contributed by atoms with E-state index in [-0.39, 0.29) is 0 Å². The Morgan fingerprint density at radius 3 is 2.00 bits per heavy atom. The first-order valence-electron chi connectivity index (χ1n) is 3.74. The molecule has 4 heteroatoms. The molecule has 0 aliphatic rings. The fourth-order valence-corrected chi connectivity index (χ4v) is 1.60. The van der Waals surface area contributed by atoms with Gasteiger partial charge in [-0.15, -0.1) is 0 Å². The van der Waals surface area contributed by atoms with Crippen LogP contribution in [0.2, 0.25) is 0 Å². The van der Waals surface area contributed by atoms with Gasteiger partial charge in [0.05, 0.1) is 0 Å². The molecule has 0 amide bonds. The molecule has 3 nitrogen and oxygen atoms in total. The Morgan fingerprint density at radius 1 is 1.08 bits per heavy atom. The van der Waals surface area contributed by atoms with E-state index < -0.39 is 13.6 Å². The Kier molecular flexibility index (Phi) is 2.80. The second kappa shape index (κ2) is 3.50. The van der Waals surface area contributed by atoms with E-state index in [1.54, 1.807) is 31.2 Å². The van der Waals surface area contributed by atoms with Crippen molar-refractivity contribution in [2.45, 2.75) is 12.6 Å². The third-order valence-electron chi connectivity index (χ3n) is 1.88. The summed E-state index contributed by atoms with van der Waals surface area (Å²) in [6.07, 6.45) is 0. The van der Waals surface area contributed by atoms with Crippen molar-refractivity contribution in [3.05, 3.63) is 35.9 Å². The van der Waals surface area contributed by atoms with Crippen LogP contribution in [0.5, 0.6) is 0 Å². The van der Waals surface area contributed by atoms with E-state index in [2.05, 4.69) is 0 Å². The molecule has 1 aromatic carbocycles. The van der Waals surface area contributed by atoms with Crippen LogP contribution in [-0.4, -0.2) is 14.7 Å². The monoisotopic (exact) mass is 188 g/mol. The van der Waals surface area contributed by atoms with E-state index in [9.17, 15) is 0 Å². The van der Waals surface area contributed by atoms with Gasteiger partial charge in [-0.3, -0.25) is 0 Å². The third kappa shape index (κ3) is 2.26. The molecular weight excluding hydrogens is 175 g/mol. The van der Waals surface area contributed by atoms with E-state index >= 15 is 0 Å². The Labute approximate surface area is 71.9 Å². The molecule has 0 aromatic heterocycles. The van der Waals surface area contributed by atoms with Crippen LogP contribution in [0.1, 0.15) is 18.1 Å². The van der Waals surface area contributed by atoms with Gasteiger partial charge in [0.1, 0.15) is 0 Å². The van der Waals surface area contributed by atoms with Crippen molar-refractivity contribution in [3.8, 4) is 0 Å². The van der Waals surface area contributed by atoms with E-state index in [0.717, 1.165) is 5.56 Å². The molecule has 1 rings (SSSR count). The standard InChI is InChI=1S/C8H13O3P/c1-7(12(9,10)11)8-5-3-2-4-6-8/h2-7,9-12H,1H3. The molecular formula is C8H13O3P. The summed E-state index contributed by atoms with van der Waals surface area (Å²) in [5.41, 5.74) is 0.176. The Bertz CT molecular complexity index is 242. The summed E-state index contributed by atoms with van der Waals surface area (Å²) in [6, 6.07) is 8.95. The summed E-state index contributed by atoms with van der Waals surface area (Å²) in [7, 11) is -4.00. The molecule has 12 heavy (non-hydrogen) atoms. The summed E-state index contributed by atoms with van der Waals surface area (Å²) >= 11 is 0. The molecule has 0 bridgehead atoms. The average Bonchev–Trinajstić information content (AvgIpc) is 2.03. The fraction of sp³-hybridized carbons (Fsp3) is 0.250. The van der Waals surface area contributed by atoms with Crippen molar-refractivity contribution >= 4 is 7.94 Å². The Hall–Kier alpha value is -0.470. The van der Waals surface area contributed by atoms with E-state index in [1.807, 2.05) is 6.07 Å². The van der Waals surface area contributed by atoms with Crippen LogP contribution < -0.4 is 0 Å². The van der Waals surface area contributed by atoms with Crippen LogP contribution in [0.25, 0.3) is 0 Å². The van der Waals surface area contributed by atoms with Gasteiger partial charge in [0, 0.05) is 0 Å². The van der Waals surface area contributed by atoms with Gasteiger partial charge in [-0.25, -0.2) is 0 Å². The zero-order valence-corrected chi connectivity index (χ0v) is 7.81. The minimum atomic E-state index is -4.00. The molecule has 1 unspecified atom stereocenters. The normalized spacial score (nSPS) is 15.7. The van der Waals surface area contributed by atoms with Gasteiger partial charge < -0.3 is 0 Å². The SMILES string of the molecule is CC(c1ccccc1)[PH](O)(O)O. The minimum absolute atomic E-state index is 0.571. The molecule has 0 aliphatic heterocycles. The summed E-state index contributed by atoms with van der Waals surface area (Å²) in [4.78, 5) is 27.0. The topological polar surface area (TPSA) is 60.7 Å². The van der Waals surface area contributed by atoms with E-state index in [1.165, 1.54) is 0 Å². The van der Waals surface area contributed by atoms with Crippen molar-refractivity contribution in [2.24, 2.45) is 0 Å². The Balaban J connectivity index is 2.86. The third-order valence-corrected chi connectivity index (χ3v) is 3.38. The molecule has 0 spiro atoms. The zero-order chi connectivity index (χ0) is 9.19. The van der Waals surface area contributed by atoms with Crippen LogP contribution in [0, 0.1) is 0 Å². The maximum atomic E-state index is 8.99. The van der Waals surface area contributed by atoms with Gasteiger partial charge in [-0.1, -0.05) is 0 Å². The molecule has 0 aliphatic carbocycles. The number of benzene rings is 1. The Morgan fingerprint density at radius 2 is 1.58 bits per heavy atom. The van der Waals surface area contributed by atoms with E-state index in [0.29, 0.717) is 0 Å². The van der Waals surface area contributed by atoms with Gasteiger partial charge >= 0.3 is 71.1 Å². The number of hydrogen-bond acceptors (Lipinski definition) is 3. The molecule has 0 saturated heterocycles. The summed E-state index contributed by atoms with van der Waals surface area (Å²) in [6.45, 7) is 1.60. The quantitative estimate of drug-likeness (QED) is 0.611. The molecule has 0 saturated carbocycles. The number of rotatable bonds is 2. The molecule has 1 aromatic rings. The molecule has 1 atom stereocenters. The van der Waals surface area contributed by atoms with Crippen molar-refractivity contribution in [2.75, 3.05) is 0 Å². The predicted molar refractivity (Wildman–Crippen MR) is 49.8 cm³/mol. The molecule has 0 radical (unpaired) electrons. The molecule has 3 N–H and O–H groups in total. The number of hydrogen-bond donors (Lipinski definition) is 3. The summed E-state index contributed by atoms with van der Waals surface area (Å²) < 4.78 is 0. The first-order chi connectivity index (χ1) is 5.52. The zero-order valence-electron chi connectivity index (χ0n) is 6.81. The van der Waals surface area contributed by atoms with Gasteiger partial charge in [0.15, 0.2) is 0 Å². The van der Waals surface area contributed by atoms with Gasteiger partial charge in [0.2, 0.25) is 0 Å².